The van der Waals surface area contributed by atoms with E-state index >= 15 is 0 Å². The third-order valence-electron chi connectivity index (χ3n) is 2.83. The normalized spacial score (nSPS) is 9.52. The van der Waals surface area contributed by atoms with E-state index in [1.165, 1.54) is 4.90 Å². The van der Waals surface area contributed by atoms with Gasteiger partial charge in [-0.25, -0.2) is 0 Å². The molecule has 0 aliphatic heterocycles. The molecule has 5 nitrogen and oxygen atoms in total. The van der Waals surface area contributed by atoms with Gasteiger partial charge in [0.25, 0.3) is 5.91 Å². The predicted molar refractivity (Wildman–Crippen MR) is 82.8 cm³/mol. The minimum atomic E-state index is -0.230. The van der Waals surface area contributed by atoms with Crippen LogP contribution in [0.3, 0.4) is 0 Å². The first-order chi connectivity index (χ1) is 9.99. The van der Waals surface area contributed by atoms with E-state index in [2.05, 4.69) is 17.2 Å². The number of likely N-dealkylation sites (N-methyl/N-ethyl adjacent to an activating group) is 2. The highest BCUT2D eigenvalue weighted by molar-refractivity contribution is 5.98. The van der Waals surface area contributed by atoms with Gasteiger partial charge in [-0.05, 0) is 26.0 Å². The predicted octanol–water partition coefficient (Wildman–Crippen LogP) is 0.513. The van der Waals surface area contributed by atoms with Gasteiger partial charge in [-0.15, -0.1) is 0 Å². The smallest absolute Gasteiger partial charge is 0.255 e. The Labute approximate surface area is 125 Å². The highest BCUT2D eigenvalue weighted by Gasteiger charge is 2.17. The number of nitrogens with one attached hydrogen (secondary N) is 1. The Bertz CT molecular complexity index is 585. The van der Waals surface area contributed by atoms with Crippen LogP contribution >= 0.6 is 0 Å². The summed E-state index contributed by atoms with van der Waals surface area (Å²) >= 11 is 0. The van der Waals surface area contributed by atoms with Crippen molar-refractivity contribution in [3.05, 3.63) is 34.9 Å². The van der Waals surface area contributed by atoms with Crippen molar-refractivity contribution in [2.45, 2.75) is 13.8 Å². The van der Waals surface area contributed by atoms with E-state index in [4.69, 9.17) is 5.73 Å². The second-order valence-corrected chi connectivity index (χ2v) is 4.67. The fraction of sp³-hybridized carbons (Fsp3) is 0.375. The van der Waals surface area contributed by atoms with E-state index in [1.807, 2.05) is 19.9 Å². The second-order valence-electron chi connectivity index (χ2n) is 4.67. The number of amides is 2. The number of benzene rings is 1. The Morgan fingerprint density at radius 1 is 1.38 bits per heavy atom. The zero-order valence-electron chi connectivity index (χ0n) is 12.7. The van der Waals surface area contributed by atoms with E-state index in [-0.39, 0.29) is 24.9 Å². The minimum Gasteiger partial charge on any atom is -0.355 e. The van der Waals surface area contributed by atoms with Gasteiger partial charge in [0.2, 0.25) is 5.91 Å². The molecule has 0 atom stereocenters. The quantitative estimate of drug-likeness (QED) is 0.792. The molecule has 0 fully saturated rings. The van der Waals surface area contributed by atoms with Crippen molar-refractivity contribution in [2.75, 3.05) is 26.7 Å². The largest absolute Gasteiger partial charge is 0.355 e. The maximum atomic E-state index is 12.5. The first-order valence-electron chi connectivity index (χ1n) is 6.81. The summed E-state index contributed by atoms with van der Waals surface area (Å²) in [5.74, 6) is 5.22. The molecule has 0 unspecified atom stereocenters. The molecule has 0 aromatic heterocycles. The molecule has 0 aliphatic rings. The van der Waals surface area contributed by atoms with Crippen LogP contribution in [0.15, 0.2) is 18.2 Å². The molecule has 2 amide bonds. The third kappa shape index (κ3) is 4.93. The summed E-state index contributed by atoms with van der Waals surface area (Å²) in [4.78, 5) is 25.4. The van der Waals surface area contributed by atoms with Crippen LogP contribution in [0.1, 0.15) is 28.4 Å². The van der Waals surface area contributed by atoms with Crippen LogP contribution in [0.25, 0.3) is 0 Å². The van der Waals surface area contributed by atoms with Crippen molar-refractivity contribution in [3.63, 3.8) is 0 Å². The molecular formula is C16H21N3O2. The number of nitrogens with zero attached hydrogens (tertiary/aromatic N) is 1. The van der Waals surface area contributed by atoms with Crippen molar-refractivity contribution < 1.29 is 9.59 Å². The highest BCUT2D eigenvalue weighted by atomic mass is 16.2. The van der Waals surface area contributed by atoms with Gasteiger partial charge < -0.3 is 16.0 Å². The van der Waals surface area contributed by atoms with Gasteiger partial charge in [0, 0.05) is 19.2 Å². The molecular weight excluding hydrogens is 266 g/mol. The van der Waals surface area contributed by atoms with Crippen LogP contribution in [0.2, 0.25) is 0 Å². The number of rotatable bonds is 4. The van der Waals surface area contributed by atoms with Crippen molar-refractivity contribution in [1.82, 2.24) is 10.2 Å². The van der Waals surface area contributed by atoms with Gasteiger partial charge in [0.15, 0.2) is 0 Å². The molecule has 0 aliphatic carbocycles. The summed E-state index contributed by atoms with van der Waals surface area (Å²) < 4.78 is 0. The molecule has 112 valence electrons. The third-order valence-corrected chi connectivity index (χ3v) is 2.83. The van der Waals surface area contributed by atoms with Crippen LogP contribution in [0.5, 0.6) is 0 Å². The van der Waals surface area contributed by atoms with Crippen LogP contribution in [0, 0.1) is 18.8 Å². The average Bonchev–Trinajstić information content (AvgIpc) is 2.45. The number of hydrogen-bond donors (Lipinski definition) is 2. The lowest BCUT2D eigenvalue weighted by Crippen LogP contribution is -2.38. The molecule has 21 heavy (non-hydrogen) atoms. The Hall–Kier alpha value is -2.32. The first kappa shape index (κ1) is 16.7. The van der Waals surface area contributed by atoms with Gasteiger partial charge >= 0.3 is 0 Å². The maximum absolute atomic E-state index is 12.5. The molecule has 0 heterocycles. The molecule has 1 aromatic carbocycles. The Kier molecular flexibility index (Phi) is 6.44. The fourth-order valence-corrected chi connectivity index (χ4v) is 1.84. The summed E-state index contributed by atoms with van der Waals surface area (Å²) in [7, 11) is 1.60. The average molecular weight is 287 g/mol. The van der Waals surface area contributed by atoms with Gasteiger partial charge in [-0.2, -0.15) is 0 Å². The van der Waals surface area contributed by atoms with E-state index in [1.54, 1.807) is 19.2 Å². The molecule has 0 radical (unpaired) electrons. The van der Waals surface area contributed by atoms with E-state index < -0.39 is 0 Å². The van der Waals surface area contributed by atoms with Gasteiger partial charge in [0.05, 0.1) is 18.7 Å². The molecule has 0 saturated heterocycles. The van der Waals surface area contributed by atoms with Crippen LogP contribution in [-0.4, -0.2) is 43.4 Å². The standard InChI is InChI=1S/C16H21N3O2/c1-4-18-15(20)11-19(3)16(21)14-10-12(2)7-8-13(14)6-5-9-17/h7-8,10H,4,9,11,17H2,1-3H3,(H,18,20). The number of carbonyl (C=O) groups is 2. The Morgan fingerprint density at radius 2 is 2.10 bits per heavy atom. The summed E-state index contributed by atoms with van der Waals surface area (Å²) in [5.41, 5.74) is 7.44. The molecule has 3 N–H and O–H groups in total. The van der Waals surface area contributed by atoms with Crippen molar-refractivity contribution in [3.8, 4) is 11.8 Å². The highest BCUT2D eigenvalue weighted by Crippen LogP contribution is 2.13. The Balaban J connectivity index is 3.00. The number of hydrogen-bond acceptors (Lipinski definition) is 3. The molecule has 1 rings (SSSR count). The van der Waals surface area contributed by atoms with E-state index in [9.17, 15) is 9.59 Å². The van der Waals surface area contributed by atoms with Gasteiger partial charge in [-0.3, -0.25) is 9.59 Å². The van der Waals surface area contributed by atoms with Crippen LogP contribution in [0.4, 0.5) is 0 Å². The van der Waals surface area contributed by atoms with E-state index in [0.29, 0.717) is 17.7 Å². The molecule has 0 spiro atoms. The van der Waals surface area contributed by atoms with Gasteiger partial charge in [-0.1, -0.05) is 23.5 Å². The fourth-order valence-electron chi connectivity index (χ4n) is 1.84. The van der Waals surface area contributed by atoms with Crippen molar-refractivity contribution >= 4 is 11.8 Å². The summed E-state index contributed by atoms with van der Waals surface area (Å²) in [6, 6.07) is 5.46. The molecule has 1 aromatic rings. The minimum absolute atomic E-state index is 0.0182. The molecule has 5 heteroatoms. The molecule has 0 saturated carbocycles. The first-order valence-corrected chi connectivity index (χ1v) is 6.81. The molecule has 0 bridgehead atoms. The summed E-state index contributed by atoms with van der Waals surface area (Å²) in [6.45, 7) is 4.53. The maximum Gasteiger partial charge on any atom is 0.255 e. The number of aryl methyl sites for hydroxylation is 1. The van der Waals surface area contributed by atoms with Crippen molar-refractivity contribution in [2.24, 2.45) is 5.73 Å². The van der Waals surface area contributed by atoms with Crippen LogP contribution in [-0.2, 0) is 4.79 Å². The lowest BCUT2D eigenvalue weighted by atomic mass is 10.0. The lowest BCUT2D eigenvalue weighted by molar-refractivity contribution is -0.121. The Morgan fingerprint density at radius 3 is 2.71 bits per heavy atom. The topological polar surface area (TPSA) is 75.4 Å². The zero-order chi connectivity index (χ0) is 15.8. The van der Waals surface area contributed by atoms with Crippen molar-refractivity contribution in [1.29, 1.82) is 0 Å². The number of carbonyl (C=O) groups excluding carboxylic acids is 2. The SMILES string of the molecule is CCNC(=O)CN(C)C(=O)c1cc(C)ccc1C#CCN. The van der Waals surface area contributed by atoms with Gasteiger partial charge in [0.1, 0.15) is 0 Å². The summed E-state index contributed by atoms with van der Waals surface area (Å²) in [6.07, 6.45) is 0. The lowest BCUT2D eigenvalue weighted by Gasteiger charge is -2.17. The second kappa shape index (κ2) is 8.08. The van der Waals surface area contributed by atoms with Crippen LogP contribution < -0.4 is 11.1 Å². The monoisotopic (exact) mass is 287 g/mol. The summed E-state index contributed by atoms with van der Waals surface area (Å²) in [5, 5.41) is 2.67. The zero-order valence-corrected chi connectivity index (χ0v) is 12.7. The number of nitrogens with two attached hydrogens (primary N) is 1. The van der Waals surface area contributed by atoms with E-state index in [0.717, 1.165) is 5.56 Å².